The average Bonchev–Trinajstić information content (AvgIpc) is 3.24. The van der Waals surface area contributed by atoms with Gasteiger partial charge in [-0.15, -0.1) is 5.10 Å². The Hall–Kier alpha value is -2.54. The van der Waals surface area contributed by atoms with Gasteiger partial charge in [-0.2, -0.15) is 9.78 Å². The van der Waals surface area contributed by atoms with Crippen molar-refractivity contribution in [3.05, 3.63) is 54.6 Å². The molecule has 1 N–H and O–H groups in total. The number of nitrogens with one attached hydrogen (secondary N) is 1. The normalized spacial score (nSPS) is 13.9. The number of rotatable bonds is 6. The van der Waals surface area contributed by atoms with Crippen LogP contribution in [0.3, 0.4) is 0 Å². The topological polar surface area (TPSA) is 73.5 Å². The van der Waals surface area contributed by atoms with E-state index in [0.29, 0.717) is 6.54 Å². The fourth-order valence-corrected chi connectivity index (χ4v) is 2.26. The summed E-state index contributed by atoms with van der Waals surface area (Å²) in [4.78, 5) is 0. The van der Waals surface area contributed by atoms with Gasteiger partial charge in [0.05, 0.1) is 18.3 Å². The van der Waals surface area contributed by atoms with Gasteiger partial charge in [0.15, 0.2) is 5.82 Å². The number of hydrogen-bond acceptors (Lipinski definition) is 5. The Labute approximate surface area is 129 Å². The lowest BCUT2D eigenvalue weighted by Gasteiger charge is -2.21. The van der Waals surface area contributed by atoms with Gasteiger partial charge in [-0.3, -0.25) is 4.68 Å². The molecule has 0 radical (unpaired) electrons. The van der Waals surface area contributed by atoms with Crippen molar-refractivity contribution in [3.8, 4) is 5.69 Å². The van der Waals surface area contributed by atoms with E-state index in [-0.39, 0.29) is 12.1 Å². The minimum absolute atomic E-state index is 0.237. The maximum absolute atomic E-state index is 4.28. The van der Waals surface area contributed by atoms with E-state index in [4.69, 9.17) is 0 Å². The van der Waals surface area contributed by atoms with Crippen molar-refractivity contribution < 1.29 is 0 Å². The van der Waals surface area contributed by atoms with Gasteiger partial charge in [-0.25, -0.2) is 0 Å². The summed E-state index contributed by atoms with van der Waals surface area (Å²) >= 11 is 0. The van der Waals surface area contributed by atoms with Crippen LogP contribution in [0.4, 0.5) is 0 Å². The van der Waals surface area contributed by atoms with Gasteiger partial charge in [-0.05, 0) is 42.5 Å². The summed E-state index contributed by atoms with van der Waals surface area (Å²) < 4.78 is 3.69. The van der Waals surface area contributed by atoms with Gasteiger partial charge in [0.1, 0.15) is 0 Å². The third-order valence-corrected chi connectivity index (χ3v) is 3.78. The molecule has 114 valence electrons. The Balaban J connectivity index is 1.66. The van der Waals surface area contributed by atoms with Crippen molar-refractivity contribution in [3.63, 3.8) is 0 Å². The van der Waals surface area contributed by atoms with Gasteiger partial charge in [0, 0.05) is 18.4 Å². The number of tetrazole rings is 1. The van der Waals surface area contributed by atoms with Crippen LogP contribution in [0.15, 0.2) is 48.8 Å². The number of benzene rings is 1. The Bertz CT molecular complexity index is 690. The van der Waals surface area contributed by atoms with Crippen LogP contribution >= 0.6 is 0 Å². The number of aromatic nitrogens is 6. The van der Waals surface area contributed by atoms with E-state index >= 15 is 0 Å². The van der Waals surface area contributed by atoms with E-state index in [0.717, 1.165) is 11.5 Å². The molecule has 0 aliphatic carbocycles. The molecule has 2 aromatic heterocycles. The lowest BCUT2D eigenvalue weighted by atomic mass is 10.2. The van der Waals surface area contributed by atoms with Gasteiger partial charge < -0.3 is 5.32 Å². The largest absolute Gasteiger partial charge is 0.305 e. The molecule has 0 saturated carbocycles. The van der Waals surface area contributed by atoms with Gasteiger partial charge >= 0.3 is 0 Å². The molecule has 2 heterocycles. The number of para-hydroxylation sites is 1. The Morgan fingerprint density at radius 2 is 1.95 bits per heavy atom. The SMILES string of the molecule is C[C@H](NCc1nnnn1-c1ccccc1)[C@H](C)n1cccn1. The zero-order valence-corrected chi connectivity index (χ0v) is 12.7. The molecule has 7 heteroatoms. The summed E-state index contributed by atoms with van der Waals surface area (Å²) in [6.07, 6.45) is 3.76. The molecule has 0 spiro atoms. The highest BCUT2D eigenvalue weighted by atomic mass is 15.5. The van der Waals surface area contributed by atoms with E-state index in [1.807, 2.05) is 47.3 Å². The Kier molecular flexibility index (Phi) is 4.24. The van der Waals surface area contributed by atoms with E-state index in [1.54, 1.807) is 10.9 Å². The van der Waals surface area contributed by atoms with Crippen LogP contribution in [0.1, 0.15) is 25.7 Å². The van der Waals surface area contributed by atoms with Crippen LogP contribution < -0.4 is 5.32 Å². The lowest BCUT2D eigenvalue weighted by Crippen LogP contribution is -2.34. The zero-order valence-electron chi connectivity index (χ0n) is 12.7. The summed E-state index contributed by atoms with van der Waals surface area (Å²) in [5, 5.41) is 19.7. The first-order valence-corrected chi connectivity index (χ1v) is 7.31. The predicted octanol–water partition coefficient (Wildman–Crippen LogP) is 1.60. The summed E-state index contributed by atoms with van der Waals surface area (Å²) in [7, 11) is 0. The van der Waals surface area contributed by atoms with E-state index in [1.165, 1.54) is 0 Å². The van der Waals surface area contributed by atoms with E-state index in [2.05, 4.69) is 39.8 Å². The standard InChI is InChI=1S/C15H19N7/c1-12(13(2)21-10-6-9-17-21)16-11-15-18-19-20-22(15)14-7-4-3-5-8-14/h3-10,12-13,16H,11H2,1-2H3/t12-,13-/m0/s1. The highest BCUT2D eigenvalue weighted by molar-refractivity contribution is 5.30. The van der Waals surface area contributed by atoms with Gasteiger partial charge in [0.25, 0.3) is 0 Å². The molecule has 0 aliphatic rings. The number of hydrogen-bond donors (Lipinski definition) is 1. The maximum atomic E-state index is 4.28. The molecule has 0 unspecified atom stereocenters. The fourth-order valence-electron chi connectivity index (χ4n) is 2.26. The highest BCUT2D eigenvalue weighted by Crippen LogP contribution is 2.11. The first-order valence-electron chi connectivity index (χ1n) is 7.31. The minimum Gasteiger partial charge on any atom is -0.305 e. The molecule has 1 aromatic carbocycles. The first-order chi connectivity index (χ1) is 10.8. The quantitative estimate of drug-likeness (QED) is 0.748. The van der Waals surface area contributed by atoms with Crippen molar-refractivity contribution in [1.29, 1.82) is 0 Å². The second-order valence-corrected chi connectivity index (χ2v) is 5.24. The summed E-state index contributed by atoms with van der Waals surface area (Å²) in [6.45, 7) is 4.85. The second kappa shape index (κ2) is 6.48. The van der Waals surface area contributed by atoms with Crippen LogP contribution in [-0.2, 0) is 6.54 Å². The Morgan fingerprint density at radius 1 is 1.14 bits per heavy atom. The summed E-state index contributed by atoms with van der Waals surface area (Å²) in [5.41, 5.74) is 0.956. The van der Waals surface area contributed by atoms with Crippen LogP contribution in [0, 0.1) is 0 Å². The third-order valence-electron chi connectivity index (χ3n) is 3.78. The van der Waals surface area contributed by atoms with Crippen LogP contribution in [-0.4, -0.2) is 36.0 Å². The lowest BCUT2D eigenvalue weighted by molar-refractivity contribution is 0.361. The molecule has 0 aliphatic heterocycles. The van der Waals surface area contributed by atoms with Crippen LogP contribution in [0.25, 0.3) is 5.69 Å². The highest BCUT2D eigenvalue weighted by Gasteiger charge is 2.15. The van der Waals surface area contributed by atoms with Crippen molar-refractivity contribution in [2.24, 2.45) is 0 Å². The summed E-state index contributed by atoms with van der Waals surface area (Å²) in [5.74, 6) is 0.783. The monoisotopic (exact) mass is 297 g/mol. The molecular formula is C15H19N7. The number of nitrogens with zero attached hydrogens (tertiary/aromatic N) is 6. The van der Waals surface area contributed by atoms with Crippen LogP contribution in [0.5, 0.6) is 0 Å². The molecule has 0 bridgehead atoms. The van der Waals surface area contributed by atoms with Crippen molar-refractivity contribution in [2.75, 3.05) is 0 Å². The van der Waals surface area contributed by atoms with E-state index in [9.17, 15) is 0 Å². The molecule has 0 saturated heterocycles. The molecule has 7 nitrogen and oxygen atoms in total. The van der Waals surface area contributed by atoms with Gasteiger partial charge in [-0.1, -0.05) is 18.2 Å². The zero-order chi connectivity index (χ0) is 15.4. The third kappa shape index (κ3) is 3.04. The van der Waals surface area contributed by atoms with Crippen LogP contribution in [0.2, 0.25) is 0 Å². The molecule has 3 aromatic rings. The predicted molar refractivity (Wildman–Crippen MR) is 82.4 cm³/mol. The first kappa shape index (κ1) is 14.4. The Morgan fingerprint density at radius 3 is 2.68 bits per heavy atom. The molecule has 2 atom stereocenters. The van der Waals surface area contributed by atoms with E-state index < -0.39 is 0 Å². The minimum atomic E-state index is 0.237. The molecule has 22 heavy (non-hydrogen) atoms. The summed E-state index contributed by atoms with van der Waals surface area (Å²) in [6, 6.07) is 12.3. The average molecular weight is 297 g/mol. The maximum Gasteiger partial charge on any atom is 0.170 e. The van der Waals surface area contributed by atoms with Gasteiger partial charge in [0.2, 0.25) is 0 Å². The molecular weight excluding hydrogens is 278 g/mol. The second-order valence-electron chi connectivity index (χ2n) is 5.24. The van der Waals surface area contributed by atoms with Crippen molar-refractivity contribution in [2.45, 2.75) is 32.5 Å². The molecule has 3 rings (SSSR count). The van der Waals surface area contributed by atoms with Crippen molar-refractivity contribution >= 4 is 0 Å². The molecule has 0 fully saturated rings. The molecule has 0 amide bonds. The van der Waals surface area contributed by atoms with Crippen molar-refractivity contribution in [1.82, 2.24) is 35.3 Å². The smallest absolute Gasteiger partial charge is 0.170 e. The fraction of sp³-hybridized carbons (Fsp3) is 0.333.